The van der Waals surface area contributed by atoms with E-state index in [2.05, 4.69) is 77.2 Å². The average molecular weight is 1700 g/mol. The molecule has 12 heterocycles. The maximum absolute atomic E-state index is 14.0. The lowest BCUT2D eigenvalue weighted by Crippen LogP contribution is -2.39. The van der Waals surface area contributed by atoms with Gasteiger partial charge in [0.2, 0.25) is 11.1 Å². The summed E-state index contributed by atoms with van der Waals surface area (Å²) in [5.74, 6) is -2.51. The van der Waals surface area contributed by atoms with Crippen molar-refractivity contribution in [1.29, 1.82) is 0 Å². The highest BCUT2D eigenvalue weighted by Gasteiger charge is 2.42. The molecule has 26 heteroatoms. The molecule has 12 rings (SSSR count). The molecule has 0 atom stereocenters. The van der Waals surface area contributed by atoms with Gasteiger partial charge in [0, 0.05) is 103 Å². The first-order valence-corrected chi connectivity index (χ1v) is 45.2. The largest absolute Gasteiger partial charge is 0.444 e. The van der Waals surface area contributed by atoms with E-state index >= 15 is 0 Å². The van der Waals surface area contributed by atoms with Crippen LogP contribution >= 0.6 is 11.6 Å². The molecular weight excluding hydrogens is 1560 g/mol. The average Bonchev–Trinajstić information content (AvgIpc) is 1.24. The van der Waals surface area contributed by atoms with Crippen LogP contribution in [0.1, 0.15) is 273 Å². The lowest BCUT2D eigenvalue weighted by atomic mass is 9.99. The van der Waals surface area contributed by atoms with Crippen molar-refractivity contribution in [3.63, 3.8) is 0 Å². The summed E-state index contributed by atoms with van der Waals surface area (Å²) in [5, 5.41) is 12.8. The number of rotatable bonds is 38. The molecule has 0 radical (unpaired) electrons. The van der Waals surface area contributed by atoms with Crippen molar-refractivity contribution in [3.8, 4) is 0 Å². The molecule has 0 unspecified atom stereocenters. The van der Waals surface area contributed by atoms with Gasteiger partial charge in [0.25, 0.3) is 17.8 Å². The number of unbranched alkanes of at least 4 members (excludes halogenated alkanes) is 22. The number of nitrogens with zero attached hydrogens (tertiary/aromatic N) is 11. The summed E-state index contributed by atoms with van der Waals surface area (Å²) in [7, 11) is 0. The van der Waals surface area contributed by atoms with Crippen molar-refractivity contribution in [2.75, 3.05) is 109 Å². The number of hydrogen-bond donors (Lipinski definition) is 4. The van der Waals surface area contributed by atoms with Gasteiger partial charge in [-0.2, -0.15) is 0 Å². The predicted octanol–water partition coefficient (Wildman–Crippen LogP) is 24.1. The fourth-order valence-electron chi connectivity index (χ4n) is 15.6. The molecule has 121 heavy (non-hydrogen) atoms. The van der Waals surface area contributed by atoms with Crippen molar-refractivity contribution in [1.82, 2.24) is 45.0 Å². The van der Waals surface area contributed by atoms with Gasteiger partial charge in [0.15, 0.2) is 0 Å². The van der Waals surface area contributed by atoms with E-state index in [-0.39, 0.29) is 69.2 Å². The smallest absolute Gasteiger partial charge is 0.410 e. The third kappa shape index (κ3) is 34.8. The molecule has 0 aromatic carbocycles. The molecule has 662 valence electrons. The lowest BCUT2D eigenvalue weighted by molar-refractivity contribution is -0.130. The number of nitrogens with one attached hydrogen (secondary N) is 4. The van der Waals surface area contributed by atoms with Crippen LogP contribution in [0.5, 0.6) is 0 Å². The number of ether oxygens (including phenoxy) is 1. The van der Waals surface area contributed by atoms with Gasteiger partial charge in [-0.25, -0.2) is 61.0 Å². The van der Waals surface area contributed by atoms with Crippen LogP contribution in [-0.4, -0.2) is 159 Å². The molecule has 3 fully saturated rings. The number of pyridine rings is 6. The molecule has 2 amide bonds. The van der Waals surface area contributed by atoms with Gasteiger partial charge < -0.3 is 50.5 Å². The highest BCUT2D eigenvalue weighted by atomic mass is 35.5. The van der Waals surface area contributed by atoms with E-state index in [0.29, 0.717) is 104 Å². The fourth-order valence-corrected chi connectivity index (χ4v) is 15.8. The van der Waals surface area contributed by atoms with Crippen molar-refractivity contribution in [3.05, 3.63) is 143 Å². The number of carbonyl (C=O) groups is 3. The first-order chi connectivity index (χ1) is 58.1. The Labute approximate surface area is 721 Å². The van der Waals surface area contributed by atoms with Crippen LogP contribution in [0.4, 0.5) is 83.5 Å². The second-order valence-electron chi connectivity index (χ2n) is 34.5. The van der Waals surface area contributed by atoms with Crippen LogP contribution in [0.25, 0.3) is 16.7 Å². The summed E-state index contributed by atoms with van der Waals surface area (Å²) in [4.78, 5) is 71.2. The first-order valence-electron chi connectivity index (χ1n) is 44.8. The minimum absolute atomic E-state index is 0.131. The highest BCUT2D eigenvalue weighted by molar-refractivity contribution is 6.63. The number of alkyl halides is 6. The standard InChI is InChI=1S/C35H51F2N5O.C25H31F2N5O2.C20H23F2N5.C15H29ClO/c1-3-4-5-6-7-8-9-10-11-12-13-14-15-34(43)41-21-17-29(18-22-41)30-25-32(39-31-24-28(2)16-20-38-31)40-33(26-30)42-23-19-35(36,37)27-42;1-17-5-9-28-20(13-17)29-21-14-19(15-22(30-21)32-12-8-25(26,27)16-32)18-6-10-31(11-7-18)23(33)34-24(2,3)4;1-14-2-8-24-17(10-14)25-18-11-16(15-3-6-23-7-4-15)12-19(26-18)27-9-5-20(21,22)13-27;1-2-3-4-5-6-7-8-9-10-11-12-13-14-15(16)17/h16-17,20,24-26H,3-15,18-19,21-23,27H2,1-2H3,(H,38,39,40);5-6,9,13-15H,7-8,10-12,16H2,1-4H3,(H,28,29,30);2-3,8,10-12,23H,4-7,9,13H2,1H3,(H,24,25,26);2-14H2,1H3. The third-order valence-electron chi connectivity index (χ3n) is 22.5. The van der Waals surface area contributed by atoms with E-state index < -0.39 is 23.4 Å². The quantitative estimate of drug-likeness (QED) is 0.0162. The van der Waals surface area contributed by atoms with E-state index in [1.165, 1.54) is 134 Å². The molecule has 6 aliphatic rings. The molecule has 0 aliphatic carbocycles. The summed E-state index contributed by atoms with van der Waals surface area (Å²) < 4.78 is 88.8. The second-order valence-corrected chi connectivity index (χ2v) is 34.9. The zero-order valence-corrected chi connectivity index (χ0v) is 74.0. The molecule has 6 aromatic heterocycles. The van der Waals surface area contributed by atoms with Crippen LogP contribution in [0.15, 0.2) is 110 Å². The maximum atomic E-state index is 14.0. The Morgan fingerprint density at radius 3 is 1.07 bits per heavy atom. The van der Waals surface area contributed by atoms with Crippen LogP contribution in [0.2, 0.25) is 0 Å². The molecule has 6 aromatic rings. The van der Waals surface area contributed by atoms with E-state index in [0.717, 1.165) is 96.1 Å². The zero-order valence-electron chi connectivity index (χ0n) is 73.2. The summed E-state index contributed by atoms with van der Waals surface area (Å²) in [5.41, 5.74) is 8.87. The Kier molecular flexibility index (Phi) is 38.8. The lowest BCUT2D eigenvalue weighted by Gasteiger charge is -2.30. The molecule has 0 saturated carbocycles. The SMILES string of the molecule is CCCCCCCCCCCCCCC(=O)Cl.CCCCCCCCCCCCCCC(=O)N1CC=C(c2cc(Nc3cc(C)ccn3)nc(N3CCC(F)(F)C3)c2)CC1.Cc1ccnc(Nc2cc(C3=CCN(C(=O)OC(C)(C)C)CC3)cc(N3CCC(F)(F)C3)n2)c1.Cc1ccnc(Nc2cc(C3=CCNCC3)cc(N3CCC(F)(F)C3)n2)c1. The van der Waals surface area contributed by atoms with Crippen molar-refractivity contribution in [2.45, 2.75) is 284 Å². The van der Waals surface area contributed by atoms with E-state index in [4.69, 9.17) is 16.3 Å². The minimum atomic E-state index is -2.72. The fraction of sp³-hybridized carbons (Fsp3) is 0.589. The van der Waals surface area contributed by atoms with Gasteiger partial charge >= 0.3 is 6.09 Å². The van der Waals surface area contributed by atoms with Crippen molar-refractivity contribution in [2.24, 2.45) is 0 Å². The Balaban J connectivity index is 0.000000192. The monoisotopic (exact) mass is 1700 g/mol. The topological polar surface area (TPSA) is 202 Å². The van der Waals surface area contributed by atoms with Crippen molar-refractivity contribution < 1.29 is 45.5 Å². The number of anilines is 9. The number of halogens is 7. The Hall–Kier alpha value is -8.84. The summed E-state index contributed by atoms with van der Waals surface area (Å²) in [6.07, 6.45) is 45.3. The zero-order chi connectivity index (χ0) is 86.6. The van der Waals surface area contributed by atoms with Gasteiger partial charge in [0.1, 0.15) is 58.0 Å². The number of aryl methyl sites for hydroxylation is 3. The van der Waals surface area contributed by atoms with Crippen LogP contribution in [0, 0.1) is 20.8 Å². The van der Waals surface area contributed by atoms with E-state index in [1.807, 2.05) is 125 Å². The maximum Gasteiger partial charge on any atom is 0.410 e. The normalized spacial score (nSPS) is 16.7. The Morgan fingerprint density at radius 1 is 0.438 bits per heavy atom. The Bertz CT molecular complexity index is 4330. The molecule has 19 nitrogen and oxygen atoms in total. The van der Waals surface area contributed by atoms with Crippen molar-refractivity contribution >= 4 is 97.9 Å². The van der Waals surface area contributed by atoms with Gasteiger partial charge in [-0.1, -0.05) is 173 Å². The van der Waals surface area contributed by atoms with Gasteiger partial charge in [-0.05, 0) is 215 Å². The molecule has 0 bridgehead atoms. The molecule has 4 N–H and O–H groups in total. The number of hydrogen-bond acceptors (Lipinski definition) is 17. The second kappa shape index (κ2) is 48.9. The molecule has 0 spiro atoms. The summed E-state index contributed by atoms with van der Waals surface area (Å²) in [6, 6.07) is 23.0. The van der Waals surface area contributed by atoms with Crippen LogP contribution < -0.4 is 36.0 Å². The summed E-state index contributed by atoms with van der Waals surface area (Å²) >= 11 is 5.27. The first kappa shape index (κ1) is 96.0. The molecule has 3 saturated heterocycles. The Morgan fingerprint density at radius 2 is 0.777 bits per heavy atom. The summed E-state index contributed by atoms with van der Waals surface area (Å²) in [6.45, 7) is 19.8. The van der Waals surface area contributed by atoms with E-state index in [1.54, 1.807) is 38.2 Å². The molecular formula is C95H134ClF6N15O4. The number of amides is 2. The van der Waals surface area contributed by atoms with Gasteiger partial charge in [0.05, 0.1) is 19.6 Å². The van der Waals surface area contributed by atoms with Gasteiger partial charge in [-0.15, -0.1) is 0 Å². The van der Waals surface area contributed by atoms with Gasteiger partial charge in [-0.3, -0.25) is 9.59 Å². The van der Waals surface area contributed by atoms with E-state index in [9.17, 15) is 40.7 Å². The number of carbonyl (C=O) groups excluding carboxylic acids is 3. The third-order valence-corrected chi connectivity index (χ3v) is 22.7. The molecule has 6 aliphatic heterocycles. The van der Waals surface area contributed by atoms with Crippen LogP contribution in [0.3, 0.4) is 0 Å². The highest BCUT2D eigenvalue weighted by Crippen LogP contribution is 2.39. The predicted molar refractivity (Wildman–Crippen MR) is 482 cm³/mol. The minimum Gasteiger partial charge on any atom is -0.444 e. The van der Waals surface area contributed by atoms with Crippen LogP contribution in [-0.2, 0) is 14.3 Å². The number of aromatic nitrogens is 6.